The van der Waals surface area contributed by atoms with Gasteiger partial charge in [-0.25, -0.2) is 0 Å². The summed E-state index contributed by atoms with van der Waals surface area (Å²) >= 11 is 5.99. The molecule has 0 saturated heterocycles. The minimum absolute atomic E-state index is 0.0718. The predicted molar refractivity (Wildman–Crippen MR) is 140 cm³/mol. The zero-order chi connectivity index (χ0) is 26.3. The highest BCUT2D eigenvalue weighted by molar-refractivity contribution is 6.30. The van der Waals surface area contributed by atoms with Crippen molar-refractivity contribution in [2.75, 3.05) is 27.3 Å². The van der Waals surface area contributed by atoms with Crippen LogP contribution in [-0.4, -0.2) is 54.5 Å². The summed E-state index contributed by atoms with van der Waals surface area (Å²) in [6.45, 7) is 6.39. The number of carbonyl (C=O) groups excluding carboxylic acids is 2. The number of nitrogens with zero attached hydrogens (tertiary/aromatic N) is 2. The molecule has 0 aliphatic heterocycles. The molecule has 1 heterocycles. The van der Waals surface area contributed by atoms with Gasteiger partial charge in [-0.15, -0.1) is 0 Å². The lowest BCUT2D eigenvalue weighted by Crippen LogP contribution is -2.51. The van der Waals surface area contributed by atoms with Crippen molar-refractivity contribution >= 4 is 23.4 Å². The molecule has 0 fully saturated rings. The fourth-order valence-electron chi connectivity index (χ4n) is 3.78. The Labute approximate surface area is 217 Å². The number of ether oxygens (including phenoxy) is 2. The lowest BCUT2D eigenvalue weighted by atomic mass is 10.0. The summed E-state index contributed by atoms with van der Waals surface area (Å²) in [4.78, 5) is 30.2. The Kier molecular flexibility index (Phi) is 9.04. The number of halogens is 1. The molecule has 1 aromatic heterocycles. The van der Waals surface area contributed by atoms with Gasteiger partial charge in [0.15, 0.2) is 11.5 Å². The number of furan rings is 1. The van der Waals surface area contributed by atoms with Gasteiger partial charge in [0.2, 0.25) is 5.91 Å². The van der Waals surface area contributed by atoms with Crippen LogP contribution in [0.5, 0.6) is 11.5 Å². The molecule has 0 spiro atoms. The third-order valence-electron chi connectivity index (χ3n) is 5.84. The number of rotatable bonds is 10. The van der Waals surface area contributed by atoms with Crippen molar-refractivity contribution in [2.45, 2.75) is 39.3 Å². The van der Waals surface area contributed by atoms with Gasteiger partial charge in [-0.2, -0.15) is 0 Å². The van der Waals surface area contributed by atoms with Crippen molar-refractivity contribution in [3.05, 3.63) is 82.8 Å². The molecule has 7 nitrogen and oxygen atoms in total. The van der Waals surface area contributed by atoms with E-state index in [0.717, 1.165) is 5.56 Å². The van der Waals surface area contributed by atoms with Crippen molar-refractivity contribution in [1.29, 1.82) is 0 Å². The van der Waals surface area contributed by atoms with E-state index in [2.05, 4.69) is 0 Å². The second-order valence-corrected chi connectivity index (χ2v) is 9.84. The first-order valence-electron chi connectivity index (χ1n) is 11.7. The molecule has 2 aromatic carbocycles. The quantitative estimate of drug-likeness (QED) is 0.360. The lowest BCUT2D eigenvalue weighted by Gasteiger charge is -2.36. The Morgan fingerprint density at radius 3 is 2.25 bits per heavy atom. The zero-order valence-corrected chi connectivity index (χ0v) is 22.2. The van der Waals surface area contributed by atoms with E-state index in [0.29, 0.717) is 47.4 Å². The molecule has 0 unspecified atom stereocenters. The van der Waals surface area contributed by atoms with Crippen molar-refractivity contribution in [2.24, 2.45) is 0 Å². The van der Waals surface area contributed by atoms with Crippen LogP contribution in [0.2, 0.25) is 5.02 Å². The first kappa shape index (κ1) is 27.1. The Hall–Kier alpha value is -3.45. The number of hydrogen-bond donors (Lipinski definition) is 0. The zero-order valence-electron chi connectivity index (χ0n) is 21.4. The molecular weight excluding hydrogens is 480 g/mol. The van der Waals surface area contributed by atoms with Gasteiger partial charge in [0.05, 0.1) is 27.0 Å². The smallest absolute Gasteiger partial charge is 0.254 e. The van der Waals surface area contributed by atoms with E-state index in [1.165, 1.54) is 0 Å². The van der Waals surface area contributed by atoms with Gasteiger partial charge in [-0.1, -0.05) is 17.7 Å². The van der Waals surface area contributed by atoms with Crippen molar-refractivity contribution in [1.82, 2.24) is 9.80 Å². The van der Waals surface area contributed by atoms with Gasteiger partial charge in [0.25, 0.3) is 5.91 Å². The van der Waals surface area contributed by atoms with Gasteiger partial charge < -0.3 is 23.7 Å². The van der Waals surface area contributed by atoms with Gasteiger partial charge in [0.1, 0.15) is 12.3 Å². The van der Waals surface area contributed by atoms with Gasteiger partial charge in [-0.3, -0.25) is 9.59 Å². The van der Waals surface area contributed by atoms with Gasteiger partial charge in [-0.05, 0) is 81.3 Å². The summed E-state index contributed by atoms with van der Waals surface area (Å²) < 4.78 is 16.2. The predicted octanol–water partition coefficient (Wildman–Crippen LogP) is 5.46. The summed E-state index contributed by atoms with van der Waals surface area (Å²) in [5.74, 6) is 1.54. The third-order valence-corrected chi connectivity index (χ3v) is 6.09. The van der Waals surface area contributed by atoms with Crippen LogP contribution in [0, 0.1) is 0 Å². The molecule has 2 amide bonds. The second kappa shape index (κ2) is 12.0. The maximum atomic E-state index is 13.6. The maximum Gasteiger partial charge on any atom is 0.254 e. The molecule has 8 heteroatoms. The topological polar surface area (TPSA) is 72.2 Å². The number of methoxy groups -OCH3 is 2. The number of benzene rings is 2. The Morgan fingerprint density at radius 1 is 0.972 bits per heavy atom. The van der Waals surface area contributed by atoms with Crippen LogP contribution in [-0.2, 0) is 17.8 Å². The monoisotopic (exact) mass is 512 g/mol. The van der Waals surface area contributed by atoms with E-state index in [9.17, 15) is 9.59 Å². The molecule has 0 aliphatic carbocycles. The fraction of sp³-hybridized carbons (Fsp3) is 0.357. The maximum absolute atomic E-state index is 13.6. The van der Waals surface area contributed by atoms with Crippen LogP contribution in [0.4, 0.5) is 0 Å². The first-order valence-corrected chi connectivity index (χ1v) is 12.1. The van der Waals surface area contributed by atoms with Crippen LogP contribution in [0.1, 0.15) is 42.5 Å². The van der Waals surface area contributed by atoms with Crippen LogP contribution >= 0.6 is 11.6 Å². The molecule has 3 aromatic rings. The molecular formula is C28H33ClN2O5. The number of amides is 2. The fourth-order valence-corrected chi connectivity index (χ4v) is 3.91. The highest BCUT2D eigenvalue weighted by Crippen LogP contribution is 2.28. The van der Waals surface area contributed by atoms with Crippen LogP contribution in [0.25, 0.3) is 0 Å². The molecule has 0 aliphatic rings. The van der Waals surface area contributed by atoms with E-state index < -0.39 is 5.54 Å². The average Bonchev–Trinajstić information content (AvgIpc) is 3.37. The Bertz CT molecular complexity index is 1150. The SMILES string of the molecule is COc1ccc(CCN(Cc2ccco2)C(=O)CN(C(=O)c2ccc(Cl)cc2)C(C)(C)C)cc1OC. The molecule has 0 radical (unpaired) electrons. The Morgan fingerprint density at radius 2 is 1.67 bits per heavy atom. The van der Waals surface area contributed by atoms with Crippen molar-refractivity contribution in [3.8, 4) is 11.5 Å². The van der Waals surface area contributed by atoms with Gasteiger partial charge in [0, 0.05) is 22.7 Å². The summed E-state index contributed by atoms with van der Waals surface area (Å²) in [7, 11) is 3.18. The van der Waals surface area contributed by atoms with E-state index in [-0.39, 0.29) is 18.4 Å². The van der Waals surface area contributed by atoms with Crippen LogP contribution < -0.4 is 9.47 Å². The lowest BCUT2D eigenvalue weighted by molar-refractivity contribution is -0.133. The standard InChI is InChI=1S/C28H33ClN2O5/c1-28(2,3)31(27(33)21-9-11-22(29)12-10-21)19-26(32)30(18-23-7-6-16-36-23)15-14-20-8-13-24(34-4)25(17-20)35-5/h6-13,16-17H,14-15,18-19H2,1-5H3. The minimum atomic E-state index is -0.577. The second-order valence-electron chi connectivity index (χ2n) is 9.40. The normalized spacial score (nSPS) is 11.2. The molecule has 0 atom stereocenters. The van der Waals surface area contributed by atoms with E-state index in [1.54, 1.807) is 60.6 Å². The molecule has 0 bridgehead atoms. The van der Waals surface area contributed by atoms with Crippen molar-refractivity contribution < 1.29 is 23.5 Å². The van der Waals surface area contributed by atoms with E-state index in [1.807, 2.05) is 45.0 Å². The van der Waals surface area contributed by atoms with Crippen molar-refractivity contribution in [3.63, 3.8) is 0 Å². The average molecular weight is 513 g/mol. The third kappa shape index (κ3) is 7.04. The first-order chi connectivity index (χ1) is 17.1. The van der Waals surface area contributed by atoms with E-state index >= 15 is 0 Å². The summed E-state index contributed by atoms with van der Waals surface area (Å²) in [6.07, 6.45) is 2.17. The van der Waals surface area contributed by atoms with Gasteiger partial charge >= 0.3 is 0 Å². The molecule has 0 N–H and O–H groups in total. The highest BCUT2D eigenvalue weighted by Gasteiger charge is 2.31. The highest BCUT2D eigenvalue weighted by atomic mass is 35.5. The number of hydrogen-bond acceptors (Lipinski definition) is 5. The summed E-state index contributed by atoms with van der Waals surface area (Å²) in [5.41, 5.74) is 0.895. The molecule has 36 heavy (non-hydrogen) atoms. The Balaban J connectivity index is 1.80. The van der Waals surface area contributed by atoms with Crippen LogP contribution in [0.3, 0.4) is 0 Å². The van der Waals surface area contributed by atoms with E-state index in [4.69, 9.17) is 25.5 Å². The molecule has 3 rings (SSSR count). The number of carbonyl (C=O) groups is 2. The largest absolute Gasteiger partial charge is 0.493 e. The summed E-state index contributed by atoms with van der Waals surface area (Å²) in [6, 6.07) is 16.0. The minimum Gasteiger partial charge on any atom is -0.493 e. The molecule has 192 valence electrons. The molecule has 0 saturated carbocycles. The summed E-state index contributed by atoms with van der Waals surface area (Å²) in [5, 5.41) is 0.546. The van der Waals surface area contributed by atoms with Crippen LogP contribution in [0.15, 0.2) is 65.3 Å².